The summed E-state index contributed by atoms with van der Waals surface area (Å²) in [5.41, 5.74) is 0.355. The van der Waals surface area contributed by atoms with Gasteiger partial charge in [-0.25, -0.2) is 0 Å². The molecule has 9 heteroatoms. The molecule has 0 saturated carbocycles. The van der Waals surface area contributed by atoms with Gasteiger partial charge in [-0.15, -0.1) is 0 Å². The van der Waals surface area contributed by atoms with Gasteiger partial charge in [-0.2, -0.15) is 0 Å². The van der Waals surface area contributed by atoms with Gasteiger partial charge in [0.1, 0.15) is 5.38 Å². The molecule has 0 bridgehead atoms. The van der Waals surface area contributed by atoms with Gasteiger partial charge in [0.05, 0.1) is 5.56 Å². The Morgan fingerprint density at radius 1 is 0.840 bits per heavy atom. The first-order valence-electron chi connectivity index (χ1n) is 7.07. The zero-order valence-electron chi connectivity index (χ0n) is 12.4. The van der Waals surface area contributed by atoms with Crippen LogP contribution in [0.3, 0.4) is 0 Å². The third-order valence-corrected chi connectivity index (χ3v) is 6.34. The monoisotopic (exact) mass is 662 g/mol. The molecule has 3 rings (SSSR count). The zero-order chi connectivity index (χ0) is 18.4. The summed E-state index contributed by atoms with van der Waals surface area (Å²) in [6.07, 6.45) is 1.16. The van der Waals surface area contributed by atoms with Crippen molar-refractivity contribution in [2.45, 2.75) is 18.2 Å². The molecule has 0 spiro atoms. The standard InChI is InChI=1S/C16H11Br5O4/c17-15(18,5-6-16(19,20)21)12-13(23)8(22)7-11-14(12)25-10-4-2-1-3-9(10)24-11/h1-4,7,22-23H,5-6H2. The van der Waals surface area contributed by atoms with Crippen LogP contribution in [0.5, 0.6) is 34.5 Å². The van der Waals surface area contributed by atoms with E-state index in [2.05, 4.69) is 79.6 Å². The van der Waals surface area contributed by atoms with Crippen molar-refractivity contribution in [3.63, 3.8) is 0 Å². The van der Waals surface area contributed by atoms with Crippen LogP contribution < -0.4 is 9.47 Å². The van der Waals surface area contributed by atoms with Crippen LogP contribution in [0.1, 0.15) is 18.4 Å². The molecule has 0 fully saturated rings. The molecule has 0 aromatic heterocycles. The SMILES string of the molecule is Oc1cc2c(c(C(Br)(Br)CCC(Br)(Br)Br)c1O)Oc1ccccc1O2. The highest BCUT2D eigenvalue weighted by molar-refractivity contribution is 9.39. The molecule has 1 heterocycles. The minimum Gasteiger partial charge on any atom is -0.504 e. The molecule has 0 amide bonds. The van der Waals surface area contributed by atoms with Crippen LogP contribution in [0, 0.1) is 0 Å². The van der Waals surface area contributed by atoms with E-state index in [1.54, 1.807) is 12.1 Å². The number of halogens is 5. The van der Waals surface area contributed by atoms with Crippen LogP contribution in [-0.2, 0) is 3.23 Å². The fourth-order valence-corrected chi connectivity index (χ4v) is 4.13. The number of aromatic hydroxyl groups is 2. The van der Waals surface area contributed by atoms with Crippen LogP contribution in [0.4, 0.5) is 0 Å². The lowest BCUT2D eigenvalue weighted by atomic mass is 10.0. The summed E-state index contributed by atoms with van der Waals surface area (Å²) >= 11 is 17.6. The third kappa shape index (κ3) is 4.31. The van der Waals surface area contributed by atoms with Crippen molar-refractivity contribution in [3.8, 4) is 34.5 Å². The van der Waals surface area contributed by atoms with E-state index in [0.29, 0.717) is 41.4 Å². The van der Waals surface area contributed by atoms with Crippen molar-refractivity contribution >= 4 is 79.6 Å². The molecule has 1 aliphatic heterocycles. The topological polar surface area (TPSA) is 58.9 Å². The molecule has 0 atom stereocenters. The van der Waals surface area contributed by atoms with E-state index in [4.69, 9.17) is 9.47 Å². The highest BCUT2D eigenvalue weighted by atomic mass is 80.0. The van der Waals surface area contributed by atoms with Gasteiger partial charge in [-0.05, 0) is 25.0 Å². The maximum absolute atomic E-state index is 10.5. The molecular weight excluding hydrogens is 656 g/mol. The summed E-state index contributed by atoms with van der Waals surface area (Å²) in [6, 6.07) is 8.54. The molecule has 0 saturated heterocycles. The average Bonchev–Trinajstić information content (AvgIpc) is 2.52. The number of phenols is 2. The third-order valence-electron chi connectivity index (χ3n) is 3.57. The Kier molecular flexibility index (Phi) is 5.72. The highest BCUT2D eigenvalue weighted by Crippen LogP contribution is 2.60. The second kappa shape index (κ2) is 7.22. The molecule has 0 radical (unpaired) electrons. The van der Waals surface area contributed by atoms with Crippen molar-refractivity contribution in [2.24, 2.45) is 0 Å². The van der Waals surface area contributed by atoms with Crippen LogP contribution in [0.25, 0.3) is 0 Å². The lowest BCUT2D eigenvalue weighted by Gasteiger charge is -2.30. The Bertz CT molecular complexity index is 817. The maximum atomic E-state index is 10.5. The van der Waals surface area contributed by atoms with E-state index < -0.39 is 5.38 Å². The van der Waals surface area contributed by atoms with Gasteiger partial charge in [0, 0.05) is 6.07 Å². The minimum absolute atomic E-state index is 0.278. The van der Waals surface area contributed by atoms with Gasteiger partial charge in [0.15, 0.2) is 34.5 Å². The summed E-state index contributed by atoms with van der Waals surface area (Å²) in [5, 5.41) is 20.6. The smallest absolute Gasteiger partial charge is 0.179 e. The molecule has 2 N–H and O–H groups in total. The fourth-order valence-electron chi connectivity index (χ4n) is 2.40. The first kappa shape index (κ1) is 19.8. The molecule has 2 aromatic carbocycles. The number of benzene rings is 2. The highest BCUT2D eigenvalue weighted by Gasteiger charge is 2.39. The average molecular weight is 667 g/mol. The lowest BCUT2D eigenvalue weighted by molar-refractivity contribution is 0.339. The predicted octanol–water partition coefficient (Wildman–Crippen LogP) is 7.56. The van der Waals surface area contributed by atoms with Crippen LogP contribution in [0.2, 0.25) is 0 Å². The maximum Gasteiger partial charge on any atom is 0.179 e. The summed E-state index contributed by atoms with van der Waals surface area (Å²) in [7, 11) is 0. The Morgan fingerprint density at radius 3 is 2.04 bits per heavy atom. The second-order valence-corrected chi connectivity index (χ2v) is 16.4. The molecule has 2 aromatic rings. The first-order valence-corrected chi connectivity index (χ1v) is 11.0. The number of rotatable bonds is 3. The molecule has 0 aliphatic carbocycles. The zero-order valence-corrected chi connectivity index (χ0v) is 20.3. The van der Waals surface area contributed by atoms with Gasteiger partial charge >= 0.3 is 0 Å². The van der Waals surface area contributed by atoms with Gasteiger partial charge < -0.3 is 19.7 Å². The molecule has 0 unspecified atom stereocenters. The number of hydrogen-bond acceptors (Lipinski definition) is 4. The number of phenolic OH excluding ortho intramolecular Hbond substituents is 2. The molecule has 134 valence electrons. The number of para-hydroxylation sites is 2. The van der Waals surface area contributed by atoms with E-state index in [1.165, 1.54) is 6.07 Å². The normalized spacial score (nSPS) is 13.5. The number of alkyl halides is 5. The lowest BCUT2D eigenvalue weighted by Crippen LogP contribution is -2.15. The Balaban J connectivity index is 2.07. The molecule has 4 nitrogen and oxygen atoms in total. The van der Waals surface area contributed by atoms with E-state index in [1.807, 2.05) is 12.1 Å². The van der Waals surface area contributed by atoms with Crippen molar-refractivity contribution in [2.75, 3.05) is 0 Å². The molecule has 25 heavy (non-hydrogen) atoms. The van der Waals surface area contributed by atoms with Crippen molar-refractivity contribution in [3.05, 3.63) is 35.9 Å². The minimum atomic E-state index is -0.858. The van der Waals surface area contributed by atoms with E-state index >= 15 is 0 Å². The molecular formula is C16H11Br5O4. The van der Waals surface area contributed by atoms with Crippen LogP contribution in [0.15, 0.2) is 30.3 Å². The largest absolute Gasteiger partial charge is 0.504 e. The second-order valence-electron chi connectivity index (χ2n) is 5.42. The van der Waals surface area contributed by atoms with Crippen molar-refractivity contribution in [1.82, 2.24) is 0 Å². The Hall–Kier alpha value is 0.0400. The summed E-state index contributed by atoms with van der Waals surface area (Å²) in [4.78, 5) is 0. The number of fused-ring (bicyclic) bond motifs is 2. The van der Waals surface area contributed by atoms with Crippen molar-refractivity contribution < 1.29 is 19.7 Å². The van der Waals surface area contributed by atoms with Crippen molar-refractivity contribution in [1.29, 1.82) is 0 Å². The summed E-state index contributed by atoms with van der Waals surface area (Å²) in [6.45, 7) is 0. The van der Waals surface area contributed by atoms with Gasteiger partial charge in [0.2, 0.25) is 0 Å². The first-order chi connectivity index (χ1) is 11.6. The van der Waals surface area contributed by atoms with E-state index in [0.717, 1.165) is 0 Å². The number of hydrogen-bond donors (Lipinski definition) is 2. The van der Waals surface area contributed by atoms with Gasteiger partial charge in [-0.3, -0.25) is 0 Å². The van der Waals surface area contributed by atoms with E-state index in [9.17, 15) is 10.2 Å². The summed E-state index contributed by atoms with van der Waals surface area (Å²) < 4.78 is 10.5. The number of ether oxygens (including phenoxy) is 2. The fraction of sp³-hybridized carbons (Fsp3) is 0.250. The predicted molar refractivity (Wildman–Crippen MR) is 115 cm³/mol. The van der Waals surface area contributed by atoms with Gasteiger partial charge in [-0.1, -0.05) is 91.8 Å². The quantitative estimate of drug-likeness (QED) is 0.224. The Morgan fingerprint density at radius 2 is 1.44 bits per heavy atom. The Labute approximate surface area is 186 Å². The summed E-state index contributed by atoms with van der Waals surface area (Å²) in [5.74, 6) is 1.18. The van der Waals surface area contributed by atoms with Gasteiger partial charge in [0.25, 0.3) is 0 Å². The van der Waals surface area contributed by atoms with Crippen LogP contribution in [-0.4, -0.2) is 12.4 Å². The van der Waals surface area contributed by atoms with Crippen LogP contribution >= 0.6 is 79.6 Å². The van der Waals surface area contributed by atoms with E-state index in [-0.39, 0.29) is 11.5 Å². The molecule has 1 aliphatic rings.